The Hall–Kier alpha value is -2.79. The molecule has 1 aliphatic rings. The lowest BCUT2D eigenvalue weighted by atomic mass is 9.96. The molecule has 0 amide bonds. The van der Waals surface area contributed by atoms with Gasteiger partial charge in [-0.1, -0.05) is 0 Å². The number of anilines is 2. The molecule has 156 valence electrons. The van der Waals surface area contributed by atoms with E-state index in [1.807, 2.05) is 0 Å². The summed E-state index contributed by atoms with van der Waals surface area (Å²) in [5, 5.41) is 41.7. The van der Waals surface area contributed by atoms with Crippen molar-refractivity contribution in [3.8, 4) is 5.75 Å². The minimum atomic E-state index is -1.56. The van der Waals surface area contributed by atoms with Crippen LogP contribution in [-0.4, -0.2) is 57.1 Å². The summed E-state index contributed by atoms with van der Waals surface area (Å²) in [5.41, 5.74) is 0.0186. The summed E-state index contributed by atoms with van der Waals surface area (Å²) in [6.07, 6.45) is -7.25. The Kier molecular flexibility index (Phi) is 5.99. The molecule has 1 fully saturated rings. The van der Waals surface area contributed by atoms with Gasteiger partial charge in [-0.15, -0.1) is 0 Å². The van der Waals surface area contributed by atoms with Gasteiger partial charge in [0.05, 0.1) is 11.8 Å². The number of carbonyl (C=O) groups is 1. The standard InChI is InChI=1S/C19H21NO9/c1-8-13(16(25)14(8)23)20-9-2-4-10(5-3-9)28-19-18(27)17(26)15(24)11(29-19)6-7-12(21)22/h2-5,11,15,17-20,24,26-27H,6-7H2,1H3,(H,21,22)/t11?,15?,17-,18+,19?/m0/s1. The van der Waals surface area contributed by atoms with Gasteiger partial charge >= 0.3 is 5.97 Å². The maximum absolute atomic E-state index is 11.5. The number of aliphatic hydroxyl groups excluding tert-OH is 3. The van der Waals surface area contributed by atoms with Crippen molar-refractivity contribution in [3.05, 3.63) is 50.3 Å². The topological polar surface area (TPSA) is 163 Å². The normalized spacial score (nSPS) is 27.0. The van der Waals surface area contributed by atoms with Crippen LogP contribution in [0.2, 0.25) is 0 Å². The third-order valence-corrected chi connectivity index (χ3v) is 4.84. The number of carboxylic acid groups (broad SMARTS) is 1. The molecule has 0 spiro atoms. The molecule has 2 aromatic carbocycles. The SMILES string of the molecule is Cc1c(Nc2ccc(OC3OC(CCC(=O)O)C(O)[C@H](O)[C@H]3O)cc2)c(=O)c1=O. The molecule has 1 aliphatic heterocycles. The highest BCUT2D eigenvalue weighted by Gasteiger charge is 2.44. The first-order chi connectivity index (χ1) is 13.7. The summed E-state index contributed by atoms with van der Waals surface area (Å²) in [6.45, 7) is 1.55. The summed E-state index contributed by atoms with van der Waals surface area (Å²) in [7, 11) is 0. The molecular formula is C19H21NO9. The molecule has 29 heavy (non-hydrogen) atoms. The number of rotatable bonds is 7. The Balaban J connectivity index is 1.65. The van der Waals surface area contributed by atoms with Gasteiger partial charge in [-0.05, 0) is 37.6 Å². The first-order valence-corrected chi connectivity index (χ1v) is 8.94. The van der Waals surface area contributed by atoms with Crippen molar-refractivity contribution in [2.24, 2.45) is 0 Å². The van der Waals surface area contributed by atoms with Crippen LogP contribution in [0.4, 0.5) is 11.4 Å². The van der Waals surface area contributed by atoms with E-state index in [-0.39, 0.29) is 24.3 Å². The molecule has 5 N–H and O–H groups in total. The van der Waals surface area contributed by atoms with E-state index in [1.54, 1.807) is 19.1 Å². The molecule has 1 heterocycles. The van der Waals surface area contributed by atoms with Crippen LogP contribution in [0.1, 0.15) is 18.4 Å². The van der Waals surface area contributed by atoms with Crippen LogP contribution in [0.3, 0.4) is 0 Å². The highest BCUT2D eigenvalue weighted by atomic mass is 16.7. The van der Waals surface area contributed by atoms with Gasteiger partial charge in [0.1, 0.15) is 24.1 Å². The quantitative estimate of drug-likeness (QED) is 0.374. The third kappa shape index (κ3) is 4.30. The fourth-order valence-corrected chi connectivity index (χ4v) is 3.07. The fourth-order valence-electron chi connectivity index (χ4n) is 3.07. The highest BCUT2D eigenvalue weighted by Crippen LogP contribution is 2.27. The zero-order chi connectivity index (χ0) is 21.3. The first kappa shape index (κ1) is 20.9. The minimum absolute atomic E-state index is 0.0653. The van der Waals surface area contributed by atoms with Crippen LogP contribution in [0.15, 0.2) is 33.9 Å². The second-order valence-corrected chi connectivity index (χ2v) is 6.87. The van der Waals surface area contributed by atoms with E-state index in [2.05, 4.69) is 5.32 Å². The van der Waals surface area contributed by atoms with Gasteiger partial charge in [-0.25, -0.2) is 0 Å². The van der Waals surface area contributed by atoms with Crippen molar-refractivity contribution in [1.29, 1.82) is 0 Å². The van der Waals surface area contributed by atoms with Crippen LogP contribution in [-0.2, 0) is 9.53 Å². The third-order valence-electron chi connectivity index (χ3n) is 4.84. The number of aliphatic hydroxyl groups is 3. The second-order valence-electron chi connectivity index (χ2n) is 6.87. The number of nitrogens with one attached hydrogen (secondary N) is 1. The Bertz CT molecular complexity index is 948. The van der Waals surface area contributed by atoms with Crippen molar-refractivity contribution < 1.29 is 34.7 Å². The number of hydrogen-bond acceptors (Lipinski definition) is 9. The summed E-state index contributed by atoms with van der Waals surface area (Å²) in [6, 6.07) is 6.19. The van der Waals surface area contributed by atoms with Crippen molar-refractivity contribution in [3.63, 3.8) is 0 Å². The first-order valence-electron chi connectivity index (χ1n) is 8.94. The molecule has 0 aromatic heterocycles. The lowest BCUT2D eigenvalue weighted by Crippen LogP contribution is -2.59. The van der Waals surface area contributed by atoms with E-state index < -0.39 is 47.5 Å². The lowest BCUT2D eigenvalue weighted by molar-refractivity contribution is -0.273. The molecule has 10 heteroatoms. The Morgan fingerprint density at radius 3 is 2.31 bits per heavy atom. The number of carboxylic acids is 1. The predicted molar refractivity (Wildman–Crippen MR) is 100.0 cm³/mol. The number of aliphatic carboxylic acids is 1. The average Bonchev–Trinajstić information content (AvgIpc) is 2.71. The summed E-state index contributed by atoms with van der Waals surface area (Å²) in [5.74, 6) is -0.819. The number of ether oxygens (including phenoxy) is 2. The van der Waals surface area contributed by atoms with Gasteiger partial charge in [-0.3, -0.25) is 14.4 Å². The number of benzene rings is 1. The monoisotopic (exact) mass is 407 g/mol. The van der Waals surface area contributed by atoms with Crippen molar-refractivity contribution >= 4 is 17.3 Å². The molecule has 0 aliphatic carbocycles. The molecule has 5 atom stereocenters. The molecule has 3 unspecified atom stereocenters. The molecular weight excluding hydrogens is 386 g/mol. The van der Waals surface area contributed by atoms with Gasteiger partial charge in [0.15, 0.2) is 0 Å². The molecule has 0 bridgehead atoms. The zero-order valence-corrected chi connectivity index (χ0v) is 15.4. The Morgan fingerprint density at radius 2 is 1.72 bits per heavy atom. The number of hydrogen-bond donors (Lipinski definition) is 5. The maximum Gasteiger partial charge on any atom is 0.303 e. The van der Waals surface area contributed by atoms with Gasteiger partial charge in [0.25, 0.3) is 0 Å². The molecule has 1 saturated heterocycles. The van der Waals surface area contributed by atoms with Gasteiger partial charge in [-0.2, -0.15) is 0 Å². The average molecular weight is 407 g/mol. The van der Waals surface area contributed by atoms with E-state index in [9.17, 15) is 29.7 Å². The van der Waals surface area contributed by atoms with Gasteiger partial charge < -0.3 is 35.2 Å². The van der Waals surface area contributed by atoms with Crippen molar-refractivity contribution in [2.75, 3.05) is 5.32 Å². The van der Waals surface area contributed by atoms with E-state index in [0.29, 0.717) is 11.3 Å². The summed E-state index contributed by atoms with van der Waals surface area (Å²) in [4.78, 5) is 33.5. The molecule has 2 aromatic rings. The van der Waals surface area contributed by atoms with Crippen LogP contribution in [0.25, 0.3) is 0 Å². The largest absolute Gasteiger partial charge is 0.481 e. The zero-order valence-electron chi connectivity index (χ0n) is 15.4. The van der Waals surface area contributed by atoms with Crippen molar-refractivity contribution in [1.82, 2.24) is 0 Å². The fraction of sp³-hybridized carbons (Fsp3) is 0.421. The second kappa shape index (κ2) is 8.29. The Morgan fingerprint density at radius 1 is 1.07 bits per heavy atom. The lowest BCUT2D eigenvalue weighted by Gasteiger charge is -2.40. The van der Waals surface area contributed by atoms with Crippen LogP contribution < -0.4 is 20.9 Å². The van der Waals surface area contributed by atoms with E-state index in [1.165, 1.54) is 12.1 Å². The van der Waals surface area contributed by atoms with E-state index in [0.717, 1.165) is 0 Å². The maximum atomic E-state index is 11.5. The van der Waals surface area contributed by atoms with Gasteiger partial charge in [0, 0.05) is 17.7 Å². The molecule has 0 saturated carbocycles. The summed E-state index contributed by atoms with van der Waals surface area (Å²) < 4.78 is 11.0. The minimum Gasteiger partial charge on any atom is -0.481 e. The molecule has 10 nitrogen and oxygen atoms in total. The van der Waals surface area contributed by atoms with Gasteiger partial charge in [0.2, 0.25) is 17.1 Å². The van der Waals surface area contributed by atoms with Crippen molar-refractivity contribution in [2.45, 2.75) is 50.5 Å². The Labute approximate surface area is 164 Å². The highest BCUT2D eigenvalue weighted by molar-refractivity contribution is 5.67. The van der Waals surface area contributed by atoms with Crippen LogP contribution in [0.5, 0.6) is 5.75 Å². The summed E-state index contributed by atoms with van der Waals surface area (Å²) >= 11 is 0. The molecule has 0 radical (unpaired) electrons. The van der Waals surface area contributed by atoms with E-state index >= 15 is 0 Å². The predicted octanol–water partition coefficient (Wildman–Crippen LogP) is -0.614. The molecule has 3 rings (SSSR count). The smallest absolute Gasteiger partial charge is 0.303 e. The van der Waals surface area contributed by atoms with Crippen LogP contribution >= 0.6 is 0 Å². The van der Waals surface area contributed by atoms with E-state index in [4.69, 9.17) is 14.6 Å². The van der Waals surface area contributed by atoms with Crippen LogP contribution in [0, 0.1) is 6.92 Å².